The van der Waals surface area contributed by atoms with Crippen molar-refractivity contribution in [3.05, 3.63) is 94.0 Å². The van der Waals surface area contributed by atoms with E-state index in [9.17, 15) is 18.0 Å². The molecule has 0 aliphatic rings. The maximum absolute atomic E-state index is 13.7. The van der Waals surface area contributed by atoms with Gasteiger partial charge in [-0.2, -0.15) is 0 Å². The second-order valence-corrected chi connectivity index (χ2v) is 10.9. The van der Waals surface area contributed by atoms with E-state index in [1.54, 1.807) is 61.5 Å². The van der Waals surface area contributed by atoms with E-state index in [0.29, 0.717) is 21.3 Å². The predicted octanol–water partition coefficient (Wildman–Crippen LogP) is 4.66. The van der Waals surface area contributed by atoms with Gasteiger partial charge in [-0.15, -0.1) is 0 Å². The van der Waals surface area contributed by atoms with Crippen molar-refractivity contribution in [3.8, 4) is 0 Å². The molecule has 0 fully saturated rings. The van der Waals surface area contributed by atoms with Gasteiger partial charge in [-0.3, -0.25) is 13.9 Å². The maximum Gasteiger partial charge on any atom is 0.264 e. The van der Waals surface area contributed by atoms with E-state index in [0.717, 1.165) is 9.87 Å². The molecule has 0 bridgehead atoms. The van der Waals surface area contributed by atoms with Crippen molar-refractivity contribution in [1.82, 2.24) is 10.2 Å². The minimum Gasteiger partial charge on any atom is -0.357 e. The number of hydrogen-bond donors (Lipinski definition) is 1. The van der Waals surface area contributed by atoms with Gasteiger partial charge in [0.25, 0.3) is 10.0 Å². The number of anilines is 1. The van der Waals surface area contributed by atoms with Gasteiger partial charge in [0.05, 0.1) is 20.6 Å². The fourth-order valence-electron chi connectivity index (χ4n) is 3.66. The van der Waals surface area contributed by atoms with Crippen LogP contribution < -0.4 is 9.62 Å². The number of carbonyl (C=O) groups is 2. The Morgan fingerprint density at radius 3 is 2.25 bits per heavy atom. The Bertz CT molecular complexity index is 1350. The average molecular weight is 548 g/mol. The van der Waals surface area contributed by atoms with Crippen molar-refractivity contribution in [2.75, 3.05) is 17.9 Å². The summed E-state index contributed by atoms with van der Waals surface area (Å²) < 4.78 is 28.4. The Labute approximate surface area is 221 Å². The second kappa shape index (κ2) is 11.8. The van der Waals surface area contributed by atoms with Gasteiger partial charge in [-0.25, -0.2) is 8.42 Å². The van der Waals surface area contributed by atoms with Crippen LogP contribution in [0, 0.1) is 6.92 Å². The summed E-state index contributed by atoms with van der Waals surface area (Å²) in [4.78, 5) is 27.6. The number of amides is 2. The number of sulfonamides is 1. The van der Waals surface area contributed by atoms with Crippen LogP contribution in [0.25, 0.3) is 0 Å². The van der Waals surface area contributed by atoms with E-state index in [4.69, 9.17) is 23.2 Å². The molecule has 36 heavy (non-hydrogen) atoms. The van der Waals surface area contributed by atoms with Gasteiger partial charge in [0.15, 0.2) is 0 Å². The SMILES string of the molecule is CNC(=O)[C@H](C)N(Cc1ccc(Cl)c(Cl)c1)C(=O)CN(c1cccc(C)c1)S(=O)(=O)c1ccccc1. The third kappa shape index (κ3) is 6.37. The molecule has 0 aliphatic carbocycles. The Hall–Kier alpha value is -3.07. The summed E-state index contributed by atoms with van der Waals surface area (Å²) in [6.45, 7) is 2.93. The summed E-state index contributed by atoms with van der Waals surface area (Å²) in [7, 11) is -2.62. The molecule has 1 atom stereocenters. The van der Waals surface area contributed by atoms with Crippen molar-refractivity contribution in [1.29, 1.82) is 0 Å². The Morgan fingerprint density at radius 1 is 0.944 bits per heavy atom. The molecule has 190 valence electrons. The normalized spacial score (nSPS) is 12.0. The first kappa shape index (κ1) is 27.5. The van der Waals surface area contributed by atoms with Gasteiger partial charge in [0, 0.05) is 13.6 Å². The van der Waals surface area contributed by atoms with E-state index in [1.165, 1.54) is 24.1 Å². The van der Waals surface area contributed by atoms with Gasteiger partial charge < -0.3 is 10.2 Å². The monoisotopic (exact) mass is 547 g/mol. The van der Waals surface area contributed by atoms with Crippen LogP contribution in [0.4, 0.5) is 5.69 Å². The van der Waals surface area contributed by atoms with Gasteiger partial charge in [-0.1, -0.05) is 59.6 Å². The number of carbonyl (C=O) groups excluding carboxylic acids is 2. The fraction of sp³-hybridized carbons (Fsp3) is 0.231. The molecule has 3 rings (SSSR count). The number of benzene rings is 3. The lowest BCUT2D eigenvalue weighted by atomic mass is 10.1. The van der Waals surface area contributed by atoms with Crippen molar-refractivity contribution >= 4 is 50.7 Å². The van der Waals surface area contributed by atoms with Gasteiger partial charge >= 0.3 is 0 Å². The number of aryl methyl sites for hydroxylation is 1. The summed E-state index contributed by atoms with van der Waals surface area (Å²) in [5, 5.41) is 3.21. The molecule has 7 nitrogen and oxygen atoms in total. The highest BCUT2D eigenvalue weighted by molar-refractivity contribution is 7.92. The average Bonchev–Trinajstić information content (AvgIpc) is 2.87. The molecule has 1 N–H and O–H groups in total. The first-order valence-corrected chi connectivity index (χ1v) is 13.3. The van der Waals surface area contributed by atoms with E-state index >= 15 is 0 Å². The molecule has 0 unspecified atom stereocenters. The first-order valence-electron chi connectivity index (χ1n) is 11.1. The summed E-state index contributed by atoms with van der Waals surface area (Å²) in [6, 6.07) is 18.8. The lowest BCUT2D eigenvalue weighted by Crippen LogP contribution is -2.50. The number of nitrogens with one attached hydrogen (secondary N) is 1. The number of halogens is 2. The quantitative estimate of drug-likeness (QED) is 0.422. The number of likely N-dealkylation sites (N-methyl/N-ethyl adjacent to an activating group) is 1. The number of rotatable bonds is 9. The van der Waals surface area contributed by atoms with E-state index in [-0.39, 0.29) is 11.4 Å². The molecule has 0 saturated heterocycles. The smallest absolute Gasteiger partial charge is 0.264 e. The van der Waals surface area contributed by atoms with Crippen LogP contribution in [0.1, 0.15) is 18.1 Å². The lowest BCUT2D eigenvalue weighted by Gasteiger charge is -2.32. The molecule has 0 saturated carbocycles. The lowest BCUT2D eigenvalue weighted by molar-refractivity contribution is -0.139. The molecule has 0 spiro atoms. The number of nitrogens with zero attached hydrogens (tertiary/aromatic N) is 2. The highest BCUT2D eigenvalue weighted by atomic mass is 35.5. The Balaban J connectivity index is 2.03. The zero-order valence-electron chi connectivity index (χ0n) is 20.1. The van der Waals surface area contributed by atoms with Crippen molar-refractivity contribution in [3.63, 3.8) is 0 Å². The molecular weight excluding hydrogens is 521 g/mol. The summed E-state index contributed by atoms with van der Waals surface area (Å²) in [5.74, 6) is -0.949. The standard InChI is InChI=1S/C26H27Cl2N3O4S/c1-18-8-7-9-21(14-18)31(36(34,35)22-10-5-4-6-11-22)17-25(32)30(19(2)26(33)29-3)16-20-12-13-23(27)24(28)15-20/h4-15,19H,16-17H2,1-3H3,(H,29,33)/t19-/m0/s1. The fourth-order valence-corrected chi connectivity index (χ4v) is 5.41. The van der Waals surface area contributed by atoms with Crippen molar-refractivity contribution in [2.45, 2.75) is 31.3 Å². The summed E-state index contributed by atoms with van der Waals surface area (Å²) >= 11 is 12.2. The van der Waals surface area contributed by atoms with Gasteiger partial charge in [0.1, 0.15) is 12.6 Å². The first-order chi connectivity index (χ1) is 17.0. The van der Waals surface area contributed by atoms with Crippen molar-refractivity contribution in [2.24, 2.45) is 0 Å². The summed E-state index contributed by atoms with van der Waals surface area (Å²) in [6.07, 6.45) is 0. The third-order valence-electron chi connectivity index (χ3n) is 5.65. The minimum absolute atomic E-state index is 0.0251. The van der Waals surface area contributed by atoms with Crippen LogP contribution in [0.5, 0.6) is 0 Å². The molecule has 0 aliphatic heterocycles. The van der Waals surface area contributed by atoms with E-state index in [1.807, 2.05) is 13.0 Å². The Kier molecular flexibility index (Phi) is 9.00. The number of hydrogen-bond acceptors (Lipinski definition) is 4. The van der Waals surface area contributed by atoms with Crippen LogP contribution in [0.15, 0.2) is 77.7 Å². The maximum atomic E-state index is 13.7. The molecule has 3 aromatic rings. The minimum atomic E-state index is -4.09. The van der Waals surface area contributed by atoms with Crippen LogP contribution in [0.2, 0.25) is 10.0 Å². The Morgan fingerprint density at radius 2 is 1.64 bits per heavy atom. The van der Waals surface area contributed by atoms with Crippen LogP contribution in [0.3, 0.4) is 0 Å². The van der Waals surface area contributed by atoms with Gasteiger partial charge in [0.2, 0.25) is 11.8 Å². The molecule has 2 amide bonds. The van der Waals surface area contributed by atoms with E-state index in [2.05, 4.69) is 5.32 Å². The highest BCUT2D eigenvalue weighted by Gasteiger charge is 2.32. The second-order valence-electron chi connectivity index (χ2n) is 8.22. The van der Waals surface area contributed by atoms with E-state index < -0.39 is 34.4 Å². The van der Waals surface area contributed by atoms with Crippen LogP contribution >= 0.6 is 23.2 Å². The third-order valence-corrected chi connectivity index (χ3v) is 8.18. The van der Waals surface area contributed by atoms with Crippen LogP contribution in [-0.2, 0) is 26.2 Å². The molecule has 10 heteroatoms. The van der Waals surface area contributed by atoms with Crippen molar-refractivity contribution < 1.29 is 18.0 Å². The molecule has 0 aromatic heterocycles. The molecule has 3 aromatic carbocycles. The largest absolute Gasteiger partial charge is 0.357 e. The molecule has 0 heterocycles. The topological polar surface area (TPSA) is 86.8 Å². The molecular formula is C26H27Cl2N3O4S. The zero-order valence-corrected chi connectivity index (χ0v) is 22.4. The van der Waals surface area contributed by atoms with Gasteiger partial charge in [-0.05, 0) is 61.4 Å². The predicted molar refractivity (Wildman–Crippen MR) is 143 cm³/mol. The molecule has 0 radical (unpaired) electrons. The zero-order chi connectivity index (χ0) is 26.5. The highest BCUT2D eigenvalue weighted by Crippen LogP contribution is 2.26. The summed E-state index contributed by atoms with van der Waals surface area (Å²) in [5.41, 5.74) is 1.82. The van der Waals surface area contributed by atoms with Crippen LogP contribution in [-0.4, -0.2) is 44.8 Å².